The summed E-state index contributed by atoms with van der Waals surface area (Å²) in [5.41, 5.74) is 0.992. The lowest BCUT2D eigenvalue weighted by Crippen LogP contribution is -2.13. The Labute approximate surface area is 118 Å². The van der Waals surface area contributed by atoms with E-state index in [0.717, 1.165) is 11.3 Å². The van der Waals surface area contributed by atoms with Gasteiger partial charge < -0.3 is 19.2 Å². The molecule has 4 nitrogen and oxygen atoms in total. The van der Waals surface area contributed by atoms with Crippen LogP contribution in [0.4, 0.5) is 0 Å². The van der Waals surface area contributed by atoms with E-state index in [1.54, 1.807) is 13.4 Å². The molecule has 0 bridgehead atoms. The fourth-order valence-corrected chi connectivity index (χ4v) is 1.87. The summed E-state index contributed by atoms with van der Waals surface area (Å²) in [7, 11) is 1.61. The quantitative estimate of drug-likeness (QED) is 0.786. The van der Waals surface area contributed by atoms with Crippen LogP contribution in [0.15, 0.2) is 41.0 Å². The third-order valence-electron chi connectivity index (χ3n) is 2.77. The smallest absolute Gasteiger partial charge is 0.167 e. The molecule has 4 heteroatoms. The second kappa shape index (κ2) is 7.27. The topological polar surface area (TPSA) is 43.6 Å². The molecule has 0 atom stereocenters. The molecular formula is C16H17NO3. The zero-order valence-corrected chi connectivity index (χ0v) is 11.4. The Morgan fingerprint density at radius 1 is 1.25 bits per heavy atom. The van der Waals surface area contributed by atoms with Crippen LogP contribution in [0.3, 0.4) is 0 Å². The maximum atomic E-state index is 5.57. The zero-order chi connectivity index (χ0) is 14.2. The number of rotatable bonds is 7. The minimum Gasteiger partial charge on any atom is -0.493 e. The molecule has 2 aromatic rings. The molecule has 0 amide bonds. The van der Waals surface area contributed by atoms with Gasteiger partial charge in [-0.05, 0) is 18.2 Å². The predicted molar refractivity (Wildman–Crippen MR) is 76.6 cm³/mol. The minimum absolute atomic E-state index is 0.214. The highest BCUT2D eigenvalue weighted by Crippen LogP contribution is 2.31. The average molecular weight is 271 g/mol. The van der Waals surface area contributed by atoms with Crippen molar-refractivity contribution >= 4 is 0 Å². The summed E-state index contributed by atoms with van der Waals surface area (Å²) >= 11 is 0. The Hall–Kier alpha value is -2.38. The first-order valence-corrected chi connectivity index (χ1v) is 6.30. The highest BCUT2D eigenvalue weighted by atomic mass is 16.5. The van der Waals surface area contributed by atoms with Crippen molar-refractivity contribution in [2.75, 3.05) is 13.7 Å². The lowest BCUT2D eigenvalue weighted by molar-refractivity contribution is 0.326. The molecule has 1 N–H and O–H groups in total. The Bertz CT molecular complexity index is 570. The van der Waals surface area contributed by atoms with Gasteiger partial charge in [0.25, 0.3) is 0 Å². The SMILES string of the molecule is C#CCOc1c(CNCc2ccco2)cccc1OC. The van der Waals surface area contributed by atoms with Crippen molar-refractivity contribution in [3.05, 3.63) is 47.9 Å². The zero-order valence-electron chi connectivity index (χ0n) is 11.4. The van der Waals surface area contributed by atoms with E-state index in [4.69, 9.17) is 20.3 Å². The maximum Gasteiger partial charge on any atom is 0.167 e. The number of methoxy groups -OCH3 is 1. The molecule has 0 saturated carbocycles. The Morgan fingerprint density at radius 3 is 2.85 bits per heavy atom. The molecule has 0 saturated heterocycles. The number of benzene rings is 1. The van der Waals surface area contributed by atoms with Crippen LogP contribution in [0.5, 0.6) is 11.5 Å². The van der Waals surface area contributed by atoms with Crippen molar-refractivity contribution in [1.29, 1.82) is 0 Å². The van der Waals surface area contributed by atoms with Crippen LogP contribution in [-0.4, -0.2) is 13.7 Å². The van der Waals surface area contributed by atoms with Gasteiger partial charge in [-0.25, -0.2) is 0 Å². The Morgan fingerprint density at radius 2 is 2.15 bits per heavy atom. The number of hydrogen-bond acceptors (Lipinski definition) is 4. The predicted octanol–water partition coefficient (Wildman–Crippen LogP) is 2.59. The van der Waals surface area contributed by atoms with E-state index in [1.807, 2.05) is 30.3 Å². The molecule has 0 radical (unpaired) electrons. The molecule has 0 aliphatic rings. The summed E-state index contributed by atoms with van der Waals surface area (Å²) in [6.45, 7) is 1.50. The molecule has 0 aliphatic carbocycles. The Balaban J connectivity index is 2.03. The number of nitrogens with one attached hydrogen (secondary N) is 1. The molecule has 0 fully saturated rings. The summed E-state index contributed by atoms with van der Waals surface area (Å²) in [4.78, 5) is 0. The number of furan rings is 1. The summed E-state index contributed by atoms with van der Waals surface area (Å²) in [5, 5.41) is 3.29. The molecule has 1 aromatic carbocycles. The highest BCUT2D eigenvalue weighted by molar-refractivity contribution is 5.46. The van der Waals surface area contributed by atoms with Crippen LogP contribution >= 0.6 is 0 Å². The van der Waals surface area contributed by atoms with E-state index in [-0.39, 0.29) is 6.61 Å². The van der Waals surface area contributed by atoms with E-state index >= 15 is 0 Å². The van der Waals surface area contributed by atoms with Gasteiger partial charge in [0.05, 0.1) is 19.9 Å². The third kappa shape index (κ3) is 3.56. The fraction of sp³-hybridized carbons (Fsp3) is 0.250. The van der Waals surface area contributed by atoms with Gasteiger partial charge in [0.1, 0.15) is 12.4 Å². The summed E-state index contributed by atoms with van der Waals surface area (Å²) in [6.07, 6.45) is 6.90. The van der Waals surface area contributed by atoms with Gasteiger partial charge in [-0.15, -0.1) is 6.42 Å². The number of hydrogen-bond donors (Lipinski definition) is 1. The van der Waals surface area contributed by atoms with Gasteiger partial charge in [-0.1, -0.05) is 18.1 Å². The summed E-state index contributed by atoms with van der Waals surface area (Å²) < 4.78 is 16.1. The molecule has 0 aliphatic heterocycles. The number of ether oxygens (including phenoxy) is 2. The van der Waals surface area contributed by atoms with Crippen LogP contribution in [0.25, 0.3) is 0 Å². The van der Waals surface area contributed by atoms with Gasteiger partial charge in [-0.2, -0.15) is 0 Å². The van der Waals surface area contributed by atoms with Gasteiger partial charge in [0.2, 0.25) is 0 Å². The maximum absolute atomic E-state index is 5.57. The van der Waals surface area contributed by atoms with E-state index in [2.05, 4.69) is 11.2 Å². The lowest BCUT2D eigenvalue weighted by atomic mass is 10.2. The van der Waals surface area contributed by atoms with Crippen LogP contribution < -0.4 is 14.8 Å². The van der Waals surface area contributed by atoms with Crippen LogP contribution in [-0.2, 0) is 13.1 Å². The standard InChI is InChI=1S/C16H17NO3/c1-3-9-20-16-13(6-4-8-15(16)18-2)11-17-12-14-7-5-10-19-14/h1,4-8,10,17H,9,11-12H2,2H3. The second-order valence-electron chi connectivity index (χ2n) is 4.12. The van der Waals surface area contributed by atoms with Crippen LogP contribution in [0, 0.1) is 12.3 Å². The van der Waals surface area contributed by atoms with Gasteiger partial charge in [-0.3, -0.25) is 0 Å². The molecular weight excluding hydrogens is 254 g/mol. The van der Waals surface area contributed by atoms with E-state index in [1.165, 1.54) is 0 Å². The van der Waals surface area contributed by atoms with Crippen molar-refractivity contribution in [2.45, 2.75) is 13.1 Å². The van der Waals surface area contributed by atoms with Crippen LogP contribution in [0.1, 0.15) is 11.3 Å². The molecule has 1 heterocycles. The largest absolute Gasteiger partial charge is 0.493 e. The lowest BCUT2D eigenvalue weighted by Gasteiger charge is -2.14. The minimum atomic E-state index is 0.214. The molecule has 2 rings (SSSR count). The molecule has 20 heavy (non-hydrogen) atoms. The molecule has 0 spiro atoms. The van der Waals surface area contributed by atoms with Crippen molar-refractivity contribution in [1.82, 2.24) is 5.32 Å². The number of para-hydroxylation sites is 1. The molecule has 1 aromatic heterocycles. The van der Waals surface area contributed by atoms with Gasteiger partial charge in [0, 0.05) is 12.1 Å². The first-order chi connectivity index (χ1) is 9.85. The number of terminal acetylenes is 1. The van der Waals surface area contributed by atoms with Crippen molar-refractivity contribution < 1.29 is 13.9 Å². The highest BCUT2D eigenvalue weighted by Gasteiger charge is 2.10. The summed E-state index contributed by atoms with van der Waals surface area (Å²) in [5.74, 6) is 4.71. The van der Waals surface area contributed by atoms with Gasteiger partial charge in [0.15, 0.2) is 11.5 Å². The van der Waals surface area contributed by atoms with E-state index in [0.29, 0.717) is 24.6 Å². The monoisotopic (exact) mass is 271 g/mol. The van der Waals surface area contributed by atoms with Crippen molar-refractivity contribution in [3.63, 3.8) is 0 Å². The van der Waals surface area contributed by atoms with E-state index in [9.17, 15) is 0 Å². The molecule has 104 valence electrons. The Kier molecular flexibility index (Phi) is 5.10. The van der Waals surface area contributed by atoms with E-state index < -0.39 is 0 Å². The van der Waals surface area contributed by atoms with Gasteiger partial charge >= 0.3 is 0 Å². The second-order valence-corrected chi connectivity index (χ2v) is 4.12. The van der Waals surface area contributed by atoms with Crippen LogP contribution in [0.2, 0.25) is 0 Å². The van der Waals surface area contributed by atoms with Crippen molar-refractivity contribution in [2.24, 2.45) is 0 Å². The van der Waals surface area contributed by atoms with Crippen molar-refractivity contribution in [3.8, 4) is 23.8 Å². The normalized spacial score (nSPS) is 10.0. The first kappa shape index (κ1) is 14.0. The fourth-order valence-electron chi connectivity index (χ4n) is 1.87. The average Bonchev–Trinajstić information content (AvgIpc) is 2.98. The third-order valence-corrected chi connectivity index (χ3v) is 2.77. The summed E-state index contributed by atoms with van der Waals surface area (Å²) in [6, 6.07) is 9.54. The molecule has 0 unspecified atom stereocenters. The first-order valence-electron chi connectivity index (χ1n) is 6.30.